The van der Waals surface area contributed by atoms with Crippen molar-refractivity contribution >= 4 is 5.71 Å². The molecule has 1 aliphatic carbocycles. The molecule has 0 bridgehead atoms. The molecule has 0 atom stereocenters. The van der Waals surface area contributed by atoms with Gasteiger partial charge in [0.05, 0.1) is 0 Å². The smallest absolute Gasteiger partial charge is 0.0362 e. The van der Waals surface area contributed by atoms with E-state index in [2.05, 4.69) is 0 Å². The predicted molar refractivity (Wildman–Crippen MR) is 54.4 cm³/mol. The maximum Gasteiger partial charge on any atom is 0.0362 e. The van der Waals surface area contributed by atoms with E-state index in [0.717, 1.165) is 36.2 Å². The van der Waals surface area contributed by atoms with Gasteiger partial charge in [0.1, 0.15) is 0 Å². The van der Waals surface area contributed by atoms with Crippen LogP contribution in [0.2, 0.25) is 0 Å². The van der Waals surface area contributed by atoms with Crippen molar-refractivity contribution in [3.05, 3.63) is 11.3 Å². The minimum Gasteiger partial charge on any atom is -0.402 e. The van der Waals surface area contributed by atoms with E-state index < -0.39 is 0 Å². The first kappa shape index (κ1) is 11.2. The molecule has 12 heavy (non-hydrogen) atoms. The largest absolute Gasteiger partial charge is 0.402 e. The first-order chi connectivity index (χ1) is 5.72. The van der Waals surface area contributed by atoms with Crippen molar-refractivity contribution in [3.63, 3.8) is 0 Å². The molecule has 1 aliphatic rings. The number of allylic oxidation sites excluding steroid dienone is 2. The Morgan fingerprint density at radius 2 is 1.75 bits per heavy atom. The molecule has 0 amide bonds. The van der Waals surface area contributed by atoms with Gasteiger partial charge in [-0.15, -0.1) is 0 Å². The van der Waals surface area contributed by atoms with Crippen LogP contribution in [0.1, 0.15) is 46.5 Å². The standard InChI is InChI=1S/C8H14N2.C2H6/c1-6(9)7-4-2-3-5-8(7)10;1-2/h10H,2-5,9H2,1H3;1-2H3/b7-6-,10-8?;. The molecule has 0 heterocycles. The van der Waals surface area contributed by atoms with Crippen LogP contribution in [0.4, 0.5) is 0 Å². The number of hydrogen-bond donors (Lipinski definition) is 2. The van der Waals surface area contributed by atoms with E-state index >= 15 is 0 Å². The Hall–Kier alpha value is -0.790. The minimum absolute atomic E-state index is 0.756. The van der Waals surface area contributed by atoms with Crippen molar-refractivity contribution in [2.24, 2.45) is 5.73 Å². The Kier molecular flexibility index (Phi) is 5.43. The quantitative estimate of drug-likeness (QED) is 0.574. The molecule has 0 saturated heterocycles. The number of nitrogens with two attached hydrogens (primary N) is 1. The Balaban J connectivity index is 0.000000561. The lowest BCUT2D eigenvalue weighted by Crippen LogP contribution is -2.12. The lowest BCUT2D eigenvalue weighted by molar-refractivity contribution is 0.724. The fourth-order valence-corrected chi connectivity index (χ4v) is 1.34. The van der Waals surface area contributed by atoms with Crippen LogP contribution in [-0.4, -0.2) is 5.71 Å². The van der Waals surface area contributed by atoms with Crippen molar-refractivity contribution in [2.75, 3.05) is 0 Å². The first-order valence-electron chi connectivity index (χ1n) is 4.75. The van der Waals surface area contributed by atoms with Crippen LogP contribution in [0.15, 0.2) is 11.3 Å². The molecule has 1 saturated carbocycles. The molecular weight excluding hydrogens is 148 g/mol. The van der Waals surface area contributed by atoms with Crippen molar-refractivity contribution in [1.82, 2.24) is 0 Å². The Morgan fingerprint density at radius 1 is 1.25 bits per heavy atom. The van der Waals surface area contributed by atoms with Gasteiger partial charge in [-0.3, -0.25) is 0 Å². The third-order valence-electron chi connectivity index (χ3n) is 1.94. The summed E-state index contributed by atoms with van der Waals surface area (Å²) < 4.78 is 0. The fraction of sp³-hybridized carbons (Fsp3) is 0.700. The molecule has 2 nitrogen and oxygen atoms in total. The van der Waals surface area contributed by atoms with Gasteiger partial charge in [0.2, 0.25) is 0 Å². The third-order valence-corrected chi connectivity index (χ3v) is 1.94. The summed E-state index contributed by atoms with van der Waals surface area (Å²) in [6, 6.07) is 0. The van der Waals surface area contributed by atoms with Crippen LogP contribution < -0.4 is 5.73 Å². The highest BCUT2D eigenvalue weighted by Gasteiger charge is 2.12. The Labute approximate surface area is 75.4 Å². The minimum atomic E-state index is 0.756. The molecule has 2 heteroatoms. The van der Waals surface area contributed by atoms with E-state index in [-0.39, 0.29) is 0 Å². The average molecular weight is 168 g/mol. The van der Waals surface area contributed by atoms with Crippen LogP contribution in [0.3, 0.4) is 0 Å². The second-order valence-electron chi connectivity index (χ2n) is 2.85. The zero-order valence-electron chi connectivity index (χ0n) is 8.41. The van der Waals surface area contributed by atoms with Gasteiger partial charge in [0, 0.05) is 11.4 Å². The van der Waals surface area contributed by atoms with Crippen molar-refractivity contribution in [2.45, 2.75) is 46.5 Å². The van der Waals surface area contributed by atoms with E-state index in [1.165, 1.54) is 6.42 Å². The first-order valence-corrected chi connectivity index (χ1v) is 4.75. The van der Waals surface area contributed by atoms with Gasteiger partial charge in [-0.25, -0.2) is 0 Å². The molecule has 0 aromatic rings. The van der Waals surface area contributed by atoms with Gasteiger partial charge >= 0.3 is 0 Å². The number of nitrogens with one attached hydrogen (secondary N) is 1. The summed E-state index contributed by atoms with van der Waals surface area (Å²) in [4.78, 5) is 0. The van der Waals surface area contributed by atoms with E-state index in [9.17, 15) is 0 Å². The lowest BCUT2D eigenvalue weighted by Gasteiger charge is -2.16. The highest BCUT2D eigenvalue weighted by molar-refractivity contribution is 5.98. The molecule has 0 spiro atoms. The molecule has 70 valence electrons. The molecule has 1 fully saturated rings. The summed E-state index contributed by atoms with van der Waals surface area (Å²) in [5.41, 5.74) is 8.28. The normalized spacial score (nSPS) is 21.1. The second-order valence-corrected chi connectivity index (χ2v) is 2.85. The zero-order chi connectivity index (χ0) is 9.56. The molecule has 0 unspecified atom stereocenters. The summed E-state index contributed by atoms with van der Waals surface area (Å²) in [5.74, 6) is 0. The monoisotopic (exact) mass is 168 g/mol. The Morgan fingerprint density at radius 3 is 2.08 bits per heavy atom. The molecule has 0 aliphatic heterocycles. The molecule has 3 N–H and O–H groups in total. The Bertz CT molecular complexity index is 176. The highest BCUT2D eigenvalue weighted by Crippen LogP contribution is 2.20. The summed E-state index contributed by atoms with van der Waals surface area (Å²) >= 11 is 0. The summed E-state index contributed by atoms with van der Waals surface area (Å²) in [7, 11) is 0. The number of rotatable bonds is 0. The summed E-state index contributed by atoms with van der Waals surface area (Å²) in [6.07, 6.45) is 4.30. The van der Waals surface area contributed by atoms with Crippen LogP contribution >= 0.6 is 0 Å². The topological polar surface area (TPSA) is 49.9 Å². The maximum atomic E-state index is 7.54. The van der Waals surface area contributed by atoms with Gasteiger partial charge in [0.15, 0.2) is 0 Å². The molecular formula is C10H20N2. The zero-order valence-corrected chi connectivity index (χ0v) is 8.41. The van der Waals surface area contributed by atoms with Gasteiger partial charge < -0.3 is 11.1 Å². The van der Waals surface area contributed by atoms with Gasteiger partial charge in [-0.05, 0) is 38.2 Å². The third kappa shape index (κ3) is 3.07. The van der Waals surface area contributed by atoms with E-state index in [1.54, 1.807) is 0 Å². The maximum absolute atomic E-state index is 7.54. The predicted octanol–water partition coefficient (Wildman–Crippen LogP) is 2.84. The van der Waals surface area contributed by atoms with Gasteiger partial charge in [0.25, 0.3) is 0 Å². The van der Waals surface area contributed by atoms with Gasteiger partial charge in [-0.1, -0.05) is 13.8 Å². The van der Waals surface area contributed by atoms with Crippen LogP contribution in [0, 0.1) is 5.41 Å². The molecule has 1 rings (SSSR count). The molecule has 0 aromatic carbocycles. The van der Waals surface area contributed by atoms with E-state index in [1.807, 2.05) is 20.8 Å². The SMILES string of the molecule is C/C(N)=C1\CCCCC1=N.CC. The summed E-state index contributed by atoms with van der Waals surface area (Å²) in [6.45, 7) is 5.88. The van der Waals surface area contributed by atoms with Crippen molar-refractivity contribution in [1.29, 1.82) is 5.41 Å². The average Bonchev–Trinajstić information content (AvgIpc) is 2.08. The van der Waals surface area contributed by atoms with E-state index in [4.69, 9.17) is 11.1 Å². The van der Waals surface area contributed by atoms with Crippen molar-refractivity contribution < 1.29 is 0 Å². The highest BCUT2D eigenvalue weighted by atomic mass is 14.6. The molecule has 0 radical (unpaired) electrons. The van der Waals surface area contributed by atoms with Crippen LogP contribution in [-0.2, 0) is 0 Å². The second kappa shape index (κ2) is 5.81. The van der Waals surface area contributed by atoms with Crippen LogP contribution in [0.25, 0.3) is 0 Å². The van der Waals surface area contributed by atoms with Crippen molar-refractivity contribution in [3.8, 4) is 0 Å². The molecule has 0 aromatic heterocycles. The lowest BCUT2D eigenvalue weighted by atomic mass is 9.92. The van der Waals surface area contributed by atoms with E-state index in [0.29, 0.717) is 0 Å². The van der Waals surface area contributed by atoms with Crippen LogP contribution in [0.5, 0.6) is 0 Å². The fourth-order valence-electron chi connectivity index (χ4n) is 1.34. The summed E-state index contributed by atoms with van der Waals surface area (Å²) in [5, 5.41) is 7.54. The number of hydrogen-bond acceptors (Lipinski definition) is 2. The van der Waals surface area contributed by atoms with Gasteiger partial charge in [-0.2, -0.15) is 0 Å².